The molecule has 1 aliphatic heterocycles. The number of ketones is 1. The van der Waals surface area contributed by atoms with Gasteiger partial charge in [-0.1, -0.05) is 69.4 Å². The van der Waals surface area contributed by atoms with Crippen molar-refractivity contribution in [2.75, 3.05) is 19.0 Å². The zero-order chi connectivity index (χ0) is 24.8. The molecule has 0 bridgehead atoms. The molecule has 2 aliphatic rings. The minimum Gasteiger partial charge on any atom is -0.445 e. The van der Waals surface area contributed by atoms with Gasteiger partial charge in [0.15, 0.2) is 5.78 Å². The molecule has 3 N–H and O–H groups in total. The van der Waals surface area contributed by atoms with Crippen LogP contribution < -0.4 is 16.0 Å². The first kappa shape index (κ1) is 27.6. The van der Waals surface area contributed by atoms with Crippen LogP contribution in [0.5, 0.6) is 0 Å². The van der Waals surface area contributed by atoms with E-state index in [4.69, 9.17) is 16.3 Å². The summed E-state index contributed by atoms with van der Waals surface area (Å²) in [5, 5.41) is 7.53. The standard InChI is InChI=1S/C18H22ClN3O5.C7H14/c19-9-15(23)14(8-13-6-7-20-17(13)25)22-16(24)10-21-18(26)27-11-12-4-2-1-3-5-12;1-7-5-3-2-4-6-7/h1-5,13-14H,6-11H2,(H,20,25)(H,21,26)(H,22,24);7H,2-6H2,1H3. The Balaban J connectivity index is 0.000000497. The average Bonchev–Trinajstić information content (AvgIpc) is 3.26. The highest BCUT2D eigenvalue weighted by molar-refractivity contribution is 6.28. The second kappa shape index (κ2) is 15.3. The van der Waals surface area contributed by atoms with E-state index in [1.165, 1.54) is 32.1 Å². The van der Waals surface area contributed by atoms with Gasteiger partial charge in [0, 0.05) is 12.5 Å². The van der Waals surface area contributed by atoms with Crippen LogP contribution >= 0.6 is 11.6 Å². The summed E-state index contributed by atoms with van der Waals surface area (Å²) < 4.78 is 5.00. The zero-order valence-electron chi connectivity index (χ0n) is 19.8. The summed E-state index contributed by atoms with van der Waals surface area (Å²) in [7, 11) is 0. The molecule has 188 valence electrons. The Kier molecular flexibility index (Phi) is 12.5. The smallest absolute Gasteiger partial charge is 0.407 e. The molecule has 2 unspecified atom stereocenters. The quantitative estimate of drug-likeness (QED) is 0.457. The van der Waals surface area contributed by atoms with Crippen molar-refractivity contribution in [3.05, 3.63) is 35.9 Å². The molecule has 1 aliphatic carbocycles. The van der Waals surface area contributed by atoms with E-state index < -0.39 is 18.0 Å². The number of benzene rings is 1. The summed E-state index contributed by atoms with van der Waals surface area (Å²) in [6.07, 6.45) is 7.48. The molecule has 3 amide bonds. The molecule has 9 heteroatoms. The number of alkyl halides is 1. The largest absolute Gasteiger partial charge is 0.445 e. The van der Waals surface area contributed by atoms with E-state index in [0.717, 1.165) is 11.5 Å². The van der Waals surface area contributed by atoms with Crippen molar-refractivity contribution in [1.29, 1.82) is 0 Å². The van der Waals surface area contributed by atoms with Crippen LogP contribution in [0.25, 0.3) is 0 Å². The van der Waals surface area contributed by atoms with Gasteiger partial charge in [0.1, 0.15) is 13.2 Å². The van der Waals surface area contributed by atoms with Crippen molar-refractivity contribution >= 4 is 35.3 Å². The molecule has 1 heterocycles. The van der Waals surface area contributed by atoms with Crippen LogP contribution in [0.1, 0.15) is 57.4 Å². The topological polar surface area (TPSA) is 114 Å². The van der Waals surface area contributed by atoms with Crippen LogP contribution in [0.4, 0.5) is 4.79 Å². The number of alkyl carbamates (subject to hydrolysis) is 1. The maximum atomic E-state index is 12.0. The molecule has 1 saturated heterocycles. The second-order valence-corrected chi connectivity index (χ2v) is 9.16. The Hall–Kier alpha value is -2.61. The molecular formula is C25H36ClN3O5. The fourth-order valence-electron chi connectivity index (χ4n) is 4.00. The van der Waals surface area contributed by atoms with E-state index in [1.807, 2.05) is 30.3 Å². The van der Waals surface area contributed by atoms with Gasteiger partial charge in [-0.05, 0) is 24.3 Å². The Morgan fingerprint density at radius 3 is 2.38 bits per heavy atom. The normalized spacial score (nSPS) is 18.6. The summed E-state index contributed by atoms with van der Waals surface area (Å²) >= 11 is 5.59. The van der Waals surface area contributed by atoms with Crippen LogP contribution in [-0.4, -0.2) is 48.7 Å². The van der Waals surface area contributed by atoms with Crippen LogP contribution in [0, 0.1) is 11.8 Å². The van der Waals surface area contributed by atoms with Gasteiger partial charge < -0.3 is 20.7 Å². The first-order valence-corrected chi connectivity index (χ1v) is 12.5. The van der Waals surface area contributed by atoms with E-state index in [-0.39, 0.29) is 43.1 Å². The molecule has 8 nitrogen and oxygen atoms in total. The van der Waals surface area contributed by atoms with Gasteiger partial charge in [0.2, 0.25) is 11.8 Å². The number of hydrogen-bond donors (Lipinski definition) is 3. The highest BCUT2D eigenvalue weighted by Crippen LogP contribution is 2.22. The van der Waals surface area contributed by atoms with Crippen LogP contribution in [-0.2, 0) is 25.7 Å². The lowest BCUT2D eigenvalue weighted by atomic mass is 9.91. The fraction of sp³-hybridized carbons (Fsp3) is 0.600. The number of ether oxygens (including phenoxy) is 1. The third-order valence-electron chi connectivity index (χ3n) is 6.04. The number of carbonyl (C=O) groups is 4. The SMILES string of the molecule is CC1CCCCC1.O=C(CNC(=O)OCc1ccccc1)NC(CC1CCNC1=O)C(=O)CCl. The number of Topliss-reactive ketones (excluding diaryl/α,β-unsaturated/α-hetero) is 1. The lowest BCUT2D eigenvalue weighted by Crippen LogP contribution is -2.47. The fourth-order valence-corrected chi connectivity index (χ4v) is 4.18. The van der Waals surface area contributed by atoms with Crippen LogP contribution in [0.15, 0.2) is 30.3 Å². The minimum atomic E-state index is -0.869. The molecule has 0 aromatic heterocycles. The highest BCUT2D eigenvalue weighted by Gasteiger charge is 2.30. The van der Waals surface area contributed by atoms with E-state index in [0.29, 0.717) is 13.0 Å². The summed E-state index contributed by atoms with van der Waals surface area (Å²) in [6, 6.07) is 8.24. The van der Waals surface area contributed by atoms with Gasteiger partial charge in [-0.15, -0.1) is 11.6 Å². The molecule has 1 aromatic carbocycles. The molecule has 1 saturated carbocycles. The van der Waals surface area contributed by atoms with Crippen molar-refractivity contribution in [2.24, 2.45) is 11.8 Å². The molecule has 2 atom stereocenters. The summed E-state index contributed by atoms with van der Waals surface area (Å²) in [5.41, 5.74) is 0.819. The monoisotopic (exact) mass is 493 g/mol. The van der Waals surface area contributed by atoms with E-state index in [9.17, 15) is 19.2 Å². The van der Waals surface area contributed by atoms with Crippen molar-refractivity contribution in [2.45, 2.75) is 64.5 Å². The van der Waals surface area contributed by atoms with Crippen molar-refractivity contribution in [3.63, 3.8) is 0 Å². The zero-order valence-corrected chi connectivity index (χ0v) is 20.6. The second-order valence-electron chi connectivity index (χ2n) is 8.89. The first-order valence-electron chi connectivity index (χ1n) is 12.0. The van der Waals surface area contributed by atoms with Gasteiger partial charge in [-0.25, -0.2) is 4.79 Å². The first-order chi connectivity index (χ1) is 16.4. The molecule has 34 heavy (non-hydrogen) atoms. The number of hydrogen-bond acceptors (Lipinski definition) is 5. The Morgan fingerprint density at radius 1 is 1.12 bits per heavy atom. The van der Waals surface area contributed by atoms with Gasteiger partial charge >= 0.3 is 6.09 Å². The van der Waals surface area contributed by atoms with Crippen LogP contribution in [0.3, 0.4) is 0 Å². The third kappa shape index (κ3) is 10.5. The Morgan fingerprint density at radius 2 is 1.82 bits per heavy atom. The third-order valence-corrected chi connectivity index (χ3v) is 6.30. The number of nitrogens with one attached hydrogen (secondary N) is 3. The number of amides is 3. The molecular weight excluding hydrogens is 458 g/mol. The predicted molar refractivity (Wildman–Crippen MR) is 130 cm³/mol. The van der Waals surface area contributed by atoms with Crippen molar-refractivity contribution in [3.8, 4) is 0 Å². The van der Waals surface area contributed by atoms with E-state index >= 15 is 0 Å². The average molecular weight is 494 g/mol. The van der Waals surface area contributed by atoms with Crippen LogP contribution in [0.2, 0.25) is 0 Å². The predicted octanol–water partition coefficient (Wildman–Crippen LogP) is 3.32. The van der Waals surface area contributed by atoms with Crippen molar-refractivity contribution < 1.29 is 23.9 Å². The Labute approximate surface area is 206 Å². The highest BCUT2D eigenvalue weighted by atomic mass is 35.5. The lowest BCUT2D eigenvalue weighted by Gasteiger charge is -2.19. The number of rotatable bonds is 9. The molecule has 0 radical (unpaired) electrons. The summed E-state index contributed by atoms with van der Waals surface area (Å²) in [6.45, 7) is 2.64. The maximum Gasteiger partial charge on any atom is 0.407 e. The summed E-state index contributed by atoms with van der Waals surface area (Å²) in [4.78, 5) is 47.3. The summed E-state index contributed by atoms with van der Waals surface area (Å²) in [5.74, 6) is -0.657. The van der Waals surface area contributed by atoms with Gasteiger partial charge in [0.05, 0.1) is 11.9 Å². The number of halogens is 1. The van der Waals surface area contributed by atoms with Crippen molar-refractivity contribution in [1.82, 2.24) is 16.0 Å². The van der Waals surface area contributed by atoms with E-state index in [2.05, 4.69) is 22.9 Å². The Bertz CT molecular complexity index is 799. The van der Waals surface area contributed by atoms with Gasteiger partial charge in [-0.2, -0.15) is 0 Å². The lowest BCUT2D eigenvalue weighted by molar-refractivity contribution is -0.128. The van der Waals surface area contributed by atoms with Gasteiger partial charge in [0.25, 0.3) is 0 Å². The molecule has 1 aromatic rings. The van der Waals surface area contributed by atoms with Gasteiger partial charge in [-0.3, -0.25) is 14.4 Å². The molecule has 2 fully saturated rings. The maximum absolute atomic E-state index is 12.0. The van der Waals surface area contributed by atoms with E-state index in [1.54, 1.807) is 0 Å². The molecule has 0 spiro atoms. The number of carbonyl (C=O) groups excluding carboxylic acids is 4. The molecule has 3 rings (SSSR count). The minimum absolute atomic E-state index is 0.0818.